The molecule has 2 aliphatic heterocycles. The highest BCUT2D eigenvalue weighted by Gasteiger charge is 2.29. The summed E-state index contributed by atoms with van der Waals surface area (Å²) >= 11 is 0. The van der Waals surface area contributed by atoms with E-state index in [0.29, 0.717) is 6.04 Å². The molecule has 0 saturated carbocycles. The van der Waals surface area contributed by atoms with Crippen molar-refractivity contribution in [2.75, 3.05) is 46.3 Å². The van der Waals surface area contributed by atoms with E-state index < -0.39 is 0 Å². The molecule has 2 saturated heterocycles. The Kier molecular flexibility index (Phi) is 5.88. The Bertz CT molecular complexity index is 868. The molecule has 0 radical (unpaired) electrons. The van der Waals surface area contributed by atoms with Crippen molar-refractivity contribution < 1.29 is 4.79 Å². The number of carbonyl (C=O) groups excluding carboxylic acids is 1. The molecule has 0 spiro atoms. The lowest BCUT2D eigenvalue weighted by Crippen LogP contribution is -2.52. The zero-order valence-electron chi connectivity index (χ0n) is 18.3. The number of fused-ring (bicyclic) bond motifs is 1. The lowest BCUT2D eigenvalue weighted by molar-refractivity contribution is 0.0632. The summed E-state index contributed by atoms with van der Waals surface area (Å²) in [5, 5.41) is 5.38. The second-order valence-corrected chi connectivity index (χ2v) is 8.97. The van der Waals surface area contributed by atoms with Crippen LogP contribution in [0.15, 0.2) is 12.3 Å². The fourth-order valence-electron chi connectivity index (χ4n) is 4.66. The van der Waals surface area contributed by atoms with Crippen LogP contribution in [0.5, 0.6) is 0 Å². The lowest BCUT2D eigenvalue weighted by Gasteiger charge is -2.39. The van der Waals surface area contributed by atoms with E-state index in [2.05, 4.69) is 45.7 Å². The molecule has 29 heavy (non-hydrogen) atoms. The molecule has 2 aromatic heterocycles. The molecule has 1 atom stereocenters. The van der Waals surface area contributed by atoms with E-state index in [1.165, 1.54) is 12.8 Å². The molecule has 4 heterocycles. The number of hydrogen-bond acceptors (Lipinski definition) is 5. The number of pyridine rings is 1. The quantitative estimate of drug-likeness (QED) is 0.795. The summed E-state index contributed by atoms with van der Waals surface area (Å²) in [5.74, 6) is 0.129. The highest BCUT2D eigenvalue weighted by atomic mass is 16.2. The van der Waals surface area contributed by atoms with Crippen LogP contribution in [0.25, 0.3) is 11.0 Å². The summed E-state index contributed by atoms with van der Waals surface area (Å²) in [4.78, 5) is 25.3. The number of piperazine rings is 1. The van der Waals surface area contributed by atoms with Crippen molar-refractivity contribution in [2.45, 2.75) is 52.1 Å². The second-order valence-electron chi connectivity index (χ2n) is 8.97. The monoisotopic (exact) mass is 398 g/mol. The van der Waals surface area contributed by atoms with Crippen molar-refractivity contribution in [3.8, 4) is 0 Å². The molecule has 7 heteroatoms. The minimum Gasteiger partial charge on any atom is -0.337 e. The number of amides is 1. The third-order valence-electron chi connectivity index (χ3n) is 6.40. The van der Waals surface area contributed by atoms with Crippen LogP contribution in [0.2, 0.25) is 0 Å². The van der Waals surface area contributed by atoms with Gasteiger partial charge in [-0.25, -0.2) is 9.67 Å². The number of likely N-dealkylation sites (tertiary alicyclic amines) is 1. The molecule has 2 aromatic rings. The van der Waals surface area contributed by atoms with Gasteiger partial charge in [-0.3, -0.25) is 9.69 Å². The maximum Gasteiger partial charge on any atom is 0.254 e. The van der Waals surface area contributed by atoms with Crippen molar-refractivity contribution in [1.82, 2.24) is 29.5 Å². The van der Waals surface area contributed by atoms with Gasteiger partial charge in [0.25, 0.3) is 5.91 Å². The minimum absolute atomic E-state index is 0.129. The SMILES string of the molecule is Cc1cc(C(=O)N2CCCCC(N3CCN(C)CC3)C2)c2cnn(C(C)C)c2n1. The van der Waals surface area contributed by atoms with Crippen molar-refractivity contribution in [3.05, 3.63) is 23.5 Å². The van der Waals surface area contributed by atoms with Crippen LogP contribution in [-0.4, -0.2) is 87.7 Å². The van der Waals surface area contributed by atoms with Crippen LogP contribution in [-0.2, 0) is 0 Å². The number of rotatable bonds is 3. The van der Waals surface area contributed by atoms with Gasteiger partial charge >= 0.3 is 0 Å². The fourth-order valence-corrected chi connectivity index (χ4v) is 4.66. The summed E-state index contributed by atoms with van der Waals surface area (Å²) in [6, 6.07) is 2.61. The average Bonchev–Trinajstić information content (AvgIpc) is 2.96. The predicted octanol–water partition coefficient (Wildman–Crippen LogP) is 2.56. The second kappa shape index (κ2) is 8.40. The van der Waals surface area contributed by atoms with Gasteiger partial charge < -0.3 is 9.80 Å². The molecule has 0 aliphatic carbocycles. The van der Waals surface area contributed by atoms with Crippen LogP contribution in [0, 0.1) is 6.92 Å². The van der Waals surface area contributed by atoms with Gasteiger partial charge in [0.2, 0.25) is 0 Å². The topological polar surface area (TPSA) is 57.5 Å². The molecule has 2 aliphatic rings. The summed E-state index contributed by atoms with van der Waals surface area (Å²) in [5.41, 5.74) is 2.43. The predicted molar refractivity (Wildman–Crippen MR) is 115 cm³/mol. The number of hydrogen-bond donors (Lipinski definition) is 0. The van der Waals surface area contributed by atoms with Crippen molar-refractivity contribution in [2.24, 2.45) is 0 Å². The highest BCUT2D eigenvalue weighted by molar-refractivity contribution is 6.05. The summed E-state index contributed by atoms with van der Waals surface area (Å²) < 4.78 is 1.91. The first-order chi connectivity index (χ1) is 13.9. The number of aromatic nitrogens is 3. The Labute approximate surface area is 173 Å². The first-order valence-corrected chi connectivity index (χ1v) is 11.0. The Morgan fingerprint density at radius 1 is 1.14 bits per heavy atom. The Morgan fingerprint density at radius 3 is 2.62 bits per heavy atom. The van der Waals surface area contributed by atoms with Crippen LogP contribution >= 0.6 is 0 Å². The normalized spacial score (nSPS) is 22.4. The molecule has 0 N–H and O–H groups in total. The zero-order valence-corrected chi connectivity index (χ0v) is 18.3. The number of likely N-dealkylation sites (N-methyl/N-ethyl adjacent to an activating group) is 1. The minimum atomic E-state index is 0.129. The van der Waals surface area contributed by atoms with Gasteiger partial charge in [0.1, 0.15) is 0 Å². The zero-order chi connectivity index (χ0) is 20.5. The van der Waals surface area contributed by atoms with E-state index in [-0.39, 0.29) is 11.9 Å². The first-order valence-electron chi connectivity index (χ1n) is 11.0. The van der Waals surface area contributed by atoms with Crippen LogP contribution in [0.3, 0.4) is 0 Å². The van der Waals surface area contributed by atoms with Gasteiger partial charge in [-0.1, -0.05) is 6.42 Å². The van der Waals surface area contributed by atoms with Gasteiger partial charge in [-0.15, -0.1) is 0 Å². The van der Waals surface area contributed by atoms with E-state index in [1.54, 1.807) is 0 Å². The third kappa shape index (κ3) is 4.16. The van der Waals surface area contributed by atoms with E-state index in [1.807, 2.05) is 23.9 Å². The molecule has 0 aromatic carbocycles. The molecule has 1 unspecified atom stereocenters. The largest absolute Gasteiger partial charge is 0.337 e. The van der Waals surface area contributed by atoms with Gasteiger partial charge in [0, 0.05) is 57.0 Å². The maximum absolute atomic E-state index is 13.6. The van der Waals surface area contributed by atoms with Crippen LogP contribution in [0.1, 0.15) is 55.2 Å². The fraction of sp³-hybridized carbons (Fsp3) is 0.682. The van der Waals surface area contributed by atoms with Crippen molar-refractivity contribution >= 4 is 16.9 Å². The van der Waals surface area contributed by atoms with E-state index >= 15 is 0 Å². The number of aryl methyl sites for hydroxylation is 1. The summed E-state index contributed by atoms with van der Waals surface area (Å²) in [6.45, 7) is 12.2. The lowest BCUT2D eigenvalue weighted by atomic mass is 10.1. The van der Waals surface area contributed by atoms with Gasteiger partial charge in [-0.05, 0) is 46.7 Å². The highest BCUT2D eigenvalue weighted by Crippen LogP contribution is 2.24. The van der Waals surface area contributed by atoms with Gasteiger partial charge in [0.05, 0.1) is 17.1 Å². The first kappa shape index (κ1) is 20.3. The third-order valence-corrected chi connectivity index (χ3v) is 6.40. The maximum atomic E-state index is 13.6. The molecule has 158 valence electrons. The average molecular weight is 399 g/mol. The van der Waals surface area contributed by atoms with E-state index in [9.17, 15) is 4.79 Å². The molecule has 1 amide bonds. The van der Waals surface area contributed by atoms with Crippen LogP contribution in [0.4, 0.5) is 0 Å². The Hall–Kier alpha value is -1.99. The Morgan fingerprint density at radius 2 is 1.90 bits per heavy atom. The molecule has 2 fully saturated rings. The van der Waals surface area contributed by atoms with Crippen molar-refractivity contribution in [3.63, 3.8) is 0 Å². The molecule has 0 bridgehead atoms. The van der Waals surface area contributed by atoms with E-state index in [0.717, 1.165) is 68.0 Å². The molecule has 7 nitrogen and oxygen atoms in total. The molecular weight excluding hydrogens is 364 g/mol. The standard InChI is InChI=1S/C22H34N6O/c1-16(2)28-21-20(14-23-28)19(13-17(3)24-21)22(29)27-8-6-5-7-18(15-27)26-11-9-25(4)10-12-26/h13-14,16,18H,5-12,15H2,1-4H3. The van der Waals surface area contributed by atoms with Crippen LogP contribution < -0.4 is 0 Å². The summed E-state index contributed by atoms with van der Waals surface area (Å²) in [7, 11) is 2.19. The van der Waals surface area contributed by atoms with Gasteiger partial charge in [0.15, 0.2) is 5.65 Å². The smallest absolute Gasteiger partial charge is 0.254 e. The number of nitrogens with zero attached hydrogens (tertiary/aromatic N) is 6. The molecule has 4 rings (SSSR count). The van der Waals surface area contributed by atoms with Crippen molar-refractivity contribution in [1.29, 1.82) is 0 Å². The number of carbonyl (C=O) groups is 1. The Balaban J connectivity index is 1.60. The van der Waals surface area contributed by atoms with Gasteiger partial charge in [-0.2, -0.15) is 5.10 Å². The van der Waals surface area contributed by atoms with E-state index in [4.69, 9.17) is 0 Å². The summed E-state index contributed by atoms with van der Waals surface area (Å²) in [6.07, 6.45) is 5.26. The molecular formula is C22H34N6O.